The summed E-state index contributed by atoms with van der Waals surface area (Å²) in [6.45, 7) is 1.50. The molecule has 3 nitrogen and oxygen atoms in total. The number of carbonyl (C=O) groups is 1. The number of halogens is 1. The standard InChI is InChI=1S/C14H18FNO2/c1-18-14(17)16-8-6-12(7-9-16)10-11-2-4-13(15)5-3-11/h2-5,12H,6-10H2,1H3. The van der Waals surface area contributed by atoms with Crippen molar-refractivity contribution in [2.75, 3.05) is 20.2 Å². The Bertz CT molecular complexity index is 397. The molecule has 1 amide bonds. The van der Waals surface area contributed by atoms with Crippen molar-refractivity contribution in [1.29, 1.82) is 0 Å². The van der Waals surface area contributed by atoms with Crippen LogP contribution in [0.25, 0.3) is 0 Å². The number of benzene rings is 1. The first-order valence-electron chi connectivity index (χ1n) is 6.26. The van der Waals surface area contributed by atoms with E-state index in [1.807, 2.05) is 12.1 Å². The van der Waals surface area contributed by atoms with Crippen LogP contribution in [0, 0.1) is 11.7 Å². The van der Waals surface area contributed by atoms with Gasteiger partial charge in [-0.2, -0.15) is 0 Å². The van der Waals surface area contributed by atoms with E-state index in [4.69, 9.17) is 4.74 Å². The highest BCUT2D eigenvalue weighted by atomic mass is 19.1. The van der Waals surface area contributed by atoms with Gasteiger partial charge in [0.2, 0.25) is 0 Å². The van der Waals surface area contributed by atoms with E-state index in [2.05, 4.69) is 0 Å². The van der Waals surface area contributed by atoms with Crippen LogP contribution >= 0.6 is 0 Å². The Morgan fingerprint density at radius 2 is 1.94 bits per heavy atom. The molecule has 0 aliphatic carbocycles. The predicted molar refractivity (Wildman–Crippen MR) is 66.8 cm³/mol. The molecule has 18 heavy (non-hydrogen) atoms. The fourth-order valence-corrected chi connectivity index (χ4v) is 2.40. The van der Waals surface area contributed by atoms with Crippen molar-refractivity contribution in [3.8, 4) is 0 Å². The molecule has 2 rings (SSSR count). The Labute approximate surface area is 107 Å². The van der Waals surface area contributed by atoms with Gasteiger partial charge in [-0.05, 0) is 42.9 Å². The second kappa shape index (κ2) is 5.85. The lowest BCUT2D eigenvalue weighted by molar-refractivity contribution is 0.106. The molecule has 0 unspecified atom stereocenters. The van der Waals surface area contributed by atoms with Crippen molar-refractivity contribution in [3.05, 3.63) is 35.6 Å². The molecule has 0 spiro atoms. The second-order valence-electron chi connectivity index (χ2n) is 4.73. The lowest BCUT2D eigenvalue weighted by Crippen LogP contribution is -2.38. The van der Waals surface area contributed by atoms with Gasteiger partial charge in [0, 0.05) is 13.1 Å². The summed E-state index contributed by atoms with van der Waals surface area (Å²) >= 11 is 0. The van der Waals surface area contributed by atoms with Crippen LogP contribution in [0.4, 0.5) is 9.18 Å². The molecular formula is C14H18FNO2. The van der Waals surface area contributed by atoms with E-state index in [1.54, 1.807) is 4.90 Å². The lowest BCUT2D eigenvalue weighted by atomic mass is 9.90. The van der Waals surface area contributed by atoms with Crippen molar-refractivity contribution >= 4 is 6.09 Å². The number of carbonyl (C=O) groups excluding carboxylic acids is 1. The largest absolute Gasteiger partial charge is 0.453 e. The lowest BCUT2D eigenvalue weighted by Gasteiger charge is -2.30. The number of rotatable bonds is 2. The van der Waals surface area contributed by atoms with E-state index in [-0.39, 0.29) is 11.9 Å². The third-order valence-corrected chi connectivity index (χ3v) is 3.48. The minimum Gasteiger partial charge on any atom is -0.453 e. The first-order valence-corrected chi connectivity index (χ1v) is 6.26. The normalized spacial score (nSPS) is 16.7. The topological polar surface area (TPSA) is 29.5 Å². The van der Waals surface area contributed by atoms with Gasteiger partial charge in [0.1, 0.15) is 5.82 Å². The quantitative estimate of drug-likeness (QED) is 0.809. The van der Waals surface area contributed by atoms with E-state index in [0.717, 1.165) is 37.9 Å². The summed E-state index contributed by atoms with van der Waals surface area (Å²) in [5.41, 5.74) is 1.16. The van der Waals surface area contributed by atoms with E-state index in [0.29, 0.717) is 5.92 Å². The van der Waals surface area contributed by atoms with E-state index < -0.39 is 0 Å². The zero-order valence-corrected chi connectivity index (χ0v) is 10.6. The number of methoxy groups -OCH3 is 1. The number of hydrogen-bond acceptors (Lipinski definition) is 2. The van der Waals surface area contributed by atoms with Crippen LogP contribution in [0.15, 0.2) is 24.3 Å². The third-order valence-electron chi connectivity index (χ3n) is 3.48. The van der Waals surface area contributed by atoms with Crippen molar-refractivity contribution in [3.63, 3.8) is 0 Å². The van der Waals surface area contributed by atoms with Crippen LogP contribution < -0.4 is 0 Å². The van der Waals surface area contributed by atoms with Crippen LogP contribution in [0.2, 0.25) is 0 Å². The van der Waals surface area contributed by atoms with Crippen molar-refractivity contribution < 1.29 is 13.9 Å². The summed E-state index contributed by atoms with van der Waals surface area (Å²) in [7, 11) is 1.41. The average molecular weight is 251 g/mol. The zero-order chi connectivity index (χ0) is 13.0. The van der Waals surface area contributed by atoms with Gasteiger partial charge in [-0.15, -0.1) is 0 Å². The second-order valence-corrected chi connectivity index (χ2v) is 4.73. The Balaban J connectivity index is 1.83. The maximum absolute atomic E-state index is 12.8. The maximum Gasteiger partial charge on any atom is 0.409 e. The summed E-state index contributed by atoms with van der Waals surface area (Å²) in [6.07, 6.45) is 2.67. The van der Waals surface area contributed by atoms with Gasteiger partial charge in [-0.25, -0.2) is 9.18 Å². The molecule has 4 heteroatoms. The molecule has 1 aliphatic rings. The maximum atomic E-state index is 12.8. The van der Waals surface area contributed by atoms with Gasteiger partial charge in [0.05, 0.1) is 7.11 Å². The van der Waals surface area contributed by atoms with Gasteiger partial charge in [0.15, 0.2) is 0 Å². The first-order chi connectivity index (χ1) is 8.69. The number of hydrogen-bond donors (Lipinski definition) is 0. The van der Waals surface area contributed by atoms with Crippen LogP contribution in [0.5, 0.6) is 0 Å². The summed E-state index contributed by atoms with van der Waals surface area (Å²) in [4.78, 5) is 13.1. The molecule has 0 radical (unpaired) electrons. The minimum absolute atomic E-state index is 0.195. The molecule has 0 bridgehead atoms. The molecule has 98 valence electrons. The van der Waals surface area contributed by atoms with Gasteiger partial charge in [-0.1, -0.05) is 12.1 Å². The number of amides is 1. The number of nitrogens with zero attached hydrogens (tertiary/aromatic N) is 1. The molecule has 0 atom stereocenters. The molecule has 1 saturated heterocycles. The van der Waals surface area contributed by atoms with Gasteiger partial charge in [0.25, 0.3) is 0 Å². The Kier molecular flexibility index (Phi) is 4.18. The zero-order valence-electron chi connectivity index (χ0n) is 10.6. The van der Waals surface area contributed by atoms with Crippen LogP contribution in [0.3, 0.4) is 0 Å². The SMILES string of the molecule is COC(=O)N1CCC(Cc2ccc(F)cc2)CC1. The summed E-state index contributed by atoms with van der Waals surface area (Å²) in [5.74, 6) is 0.371. The molecule has 1 aliphatic heterocycles. The molecule has 0 aromatic heterocycles. The molecule has 1 heterocycles. The monoisotopic (exact) mass is 251 g/mol. The fraction of sp³-hybridized carbons (Fsp3) is 0.500. The predicted octanol–water partition coefficient (Wildman–Crippen LogP) is 2.85. The summed E-state index contributed by atoms with van der Waals surface area (Å²) in [5, 5.41) is 0. The Hall–Kier alpha value is -1.58. The van der Waals surface area contributed by atoms with Gasteiger partial charge < -0.3 is 9.64 Å². The van der Waals surface area contributed by atoms with Gasteiger partial charge in [-0.3, -0.25) is 0 Å². The summed E-state index contributed by atoms with van der Waals surface area (Å²) < 4.78 is 17.5. The highest BCUT2D eigenvalue weighted by Gasteiger charge is 2.23. The third kappa shape index (κ3) is 3.22. The van der Waals surface area contributed by atoms with Crippen molar-refractivity contribution in [2.45, 2.75) is 19.3 Å². The smallest absolute Gasteiger partial charge is 0.409 e. The first kappa shape index (κ1) is 12.9. The van der Waals surface area contributed by atoms with E-state index >= 15 is 0 Å². The van der Waals surface area contributed by atoms with Crippen LogP contribution in [-0.4, -0.2) is 31.2 Å². The van der Waals surface area contributed by atoms with Gasteiger partial charge >= 0.3 is 6.09 Å². The molecule has 0 N–H and O–H groups in total. The molecule has 1 fully saturated rings. The summed E-state index contributed by atoms with van der Waals surface area (Å²) in [6, 6.07) is 6.67. The average Bonchev–Trinajstić information content (AvgIpc) is 2.41. The van der Waals surface area contributed by atoms with Crippen LogP contribution in [-0.2, 0) is 11.2 Å². The molecule has 0 saturated carbocycles. The fourth-order valence-electron chi connectivity index (χ4n) is 2.40. The number of ether oxygens (including phenoxy) is 1. The Morgan fingerprint density at radius 3 is 2.50 bits per heavy atom. The highest BCUT2D eigenvalue weighted by molar-refractivity contribution is 5.67. The number of likely N-dealkylation sites (tertiary alicyclic amines) is 1. The molecule has 1 aromatic rings. The minimum atomic E-state index is -0.241. The number of piperidine rings is 1. The molecular weight excluding hydrogens is 233 g/mol. The van der Waals surface area contributed by atoms with E-state index in [9.17, 15) is 9.18 Å². The Morgan fingerprint density at radius 1 is 1.33 bits per heavy atom. The molecule has 1 aromatic carbocycles. The van der Waals surface area contributed by atoms with Crippen molar-refractivity contribution in [1.82, 2.24) is 4.90 Å². The van der Waals surface area contributed by atoms with E-state index in [1.165, 1.54) is 19.2 Å². The van der Waals surface area contributed by atoms with Crippen molar-refractivity contribution in [2.24, 2.45) is 5.92 Å². The highest BCUT2D eigenvalue weighted by Crippen LogP contribution is 2.22. The van der Waals surface area contributed by atoms with Crippen LogP contribution in [0.1, 0.15) is 18.4 Å².